The van der Waals surface area contributed by atoms with Crippen molar-refractivity contribution in [3.05, 3.63) is 59.4 Å². The van der Waals surface area contributed by atoms with Gasteiger partial charge in [-0.3, -0.25) is 9.59 Å². The van der Waals surface area contributed by atoms with E-state index in [2.05, 4.69) is 10.6 Å². The molecule has 0 unspecified atom stereocenters. The molecule has 0 aromatic heterocycles. The number of carbonyl (C=O) groups is 2. The lowest BCUT2D eigenvalue weighted by Gasteiger charge is -2.17. The lowest BCUT2D eigenvalue weighted by Crippen LogP contribution is -2.30. The molecule has 7 nitrogen and oxygen atoms in total. The molecule has 0 saturated carbocycles. The Labute approximate surface area is 186 Å². The molecule has 0 bridgehead atoms. The normalized spacial score (nSPS) is 11.4. The SMILES string of the molecule is CN(CCCC(=O)NCCCC(=O)Nc1ccc(Cl)cc1)S(=O)(=O)c1ccc(F)cc1. The number of hydrogen-bond donors (Lipinski definition) is 2. The monoisotopic (exact) mass is 469 g/mol. The summed E-state index contributed by atoms with van der Waals surface area (Å²) < 4.78 is 38.9. The van der Waals surface area contributed by atoms with Gasteiger partial charge in [-0.25, -0.2) is 17.1 Å². The molecule has 31 heavy (non-hydrogen) atoms. The van der Waals surface area contributed by atoms with Crippen LogP contribution in [0, 0.1) is 5.82 Å². The third-order valence-corrected chi connectivity index (χ3v) is 6.55. The van der Waals surface area contributed by atoms with E-state index in [0.717, 1.165) is 16.4 Å². The maximum absolute atomic E-state index is 13.0. The maximum atomic E-state index is 13.0. The number of sulfonamides is 1. The molecule has 2 aromatic carbocycles. The average Bonchev–Trinajstić information content (AvgIpc) is 2.73. The van der Waals surface area contributed by atoms with E-state index < -0.39 is 15.8 Å². The van der Waals surface area contributed by atoms with Crippen LogP contribution < -0.4 is 10.6 Å². The number of hydrogen-bond acceptors (Lipinski definition) is 4. The van der Waals surface area contributed by atoms with Gasteiger partial charge in [0.1, 0.15) is 5.82 Å². The lowest BCUT2D eigenvalue weighted by molar-refractivity contribution is -0.121. The number of rotatable bonds is 11. The van der Waals surface area contributed by atoms with Crippen LogP contribution in [0.3, 0.4) is 0 Å². The van der Waals surface area contributed by atoms with Gasteiger partial charge in [-0.15, -0.1) is 0 Å². The minimum atomic E-state index is -3.73. The summed E-state index contributed by atoms with van der Waals surface area (Å²) in [5.74, 6) is -0.893. The Morgan fingerprint density at radius 2 is 1.58 bits per heavy atom. The van der Waals surface area contributed by atoms with E-state index in [1.165, 1.54) is 19.2 Å². The number of benzene rings is 2. The van der Waals surface area contributed by atoms with Crippen molar-refractivity contribution in [1.29, 1.82) is 0 Å². The van der Waals surface area contributed by atoms with E-state index >= 15 is 0 Å². The van der Waals surface area contributed by atoms with Crippen LogP contribution in [0.4, 0.5) is 10.1 Å². The summed E-state index contributed by atoms with van der Waals surface area (Å²) in [4.78, 5) is 23.8. The second kappa shape index (κ2) is 11.8. The fourth-order valence-corrected chi connectivity index (χ4v) is 4.03. The summed E-state index contributed by atoms with van der Waals surface area (Å²) in [6.45, 7) is 0.493. The van der Waals surface area contributed by atoms with Gasteiger partial charge < -0.3 is 10.6 Å². The standard InChI is InChI=1S/C21H25ClFN3O4S/c1-26(31(29,30)19-12-8-17(23)9-13-19)15-3-5-20(27)24-14-2-4-21(28)25-18-10-6-16(22)7-11-18/h6-13H,2-5,14-15H2,1H3,(H,24,27)(H,25,28). The van der Waals surface area contributed by atoms with Gasteiger partial charge >= 0.3 is 0 Å². The minimum Gasteiger partial charge on any atom is -0.356 e. The highest BCUT2D eigenvalue weighted by Crippen LogP contribution is 2.15. The molecule has 2 aromatic rings. The minimum absolute atomic E-state index is 0.00210. The predicted octanol–water partition coefficient (Wildman–Crippen LogP) is 3.41. The first-order valence-electron chi connectivity index (χ1n) is 9.72. The van der Waals surface area contributed by atoms with Crippen molar-refractivity contribution in [2.75, 3.05) is 25.5 Å². The summed E-state index contributed by atoms with van der Waals surface area (Å²) in [6, 6.07) is 11.4. The Morgan fingerprint density at radius 3 is 2.23 bits per heavy atom. The Bertz CT molecular complexity index is 983. The molecule has 0 heterocycles. The molecule has 2 N–H and O–H groups in total. The molecule has 0 atom stereocenters. The van der Waals surface area contributed by atoms with E-state index in [1.54, 1.807) is 24.3 Å². The zero-order valence-corrected chi connectivity index (χ0v) is 18.7. The second-order valence-corrected chi connectivity index (χ2v) is 9.37. The smallest absolute Gasteiger partial charge is 0.242 e. The summed E-state index contributed by atoms with van der Waals surface area (Å²) in [5.41, 5.74) is 0.651. The summed E-state index contributed by atoms with van der Waals surface area (Å²) in [6.07, 6.45) is 1.21. The number of nitrogens with one attached hydrogen (secondary N) is 2. The van der Waals surface area contributed by atoms with Gasteiger partial charge in [0.15, 0.2) is 0 Å². The van der Waals surface area contributed by atoms with Gasteiger partial charge in [0.2, 0.25) is 21.8 Å². The maximum Gasteiger partial charge on any atom is 0.242 e. The Kier molecular flexibility index (Phi) is 9.42. The van der Waals surface area contributed by atoms with Crippen LogP contribution in [0.15, 0.2) is 53.4 Å². The fraction of sp³-hybridized carbons (Fsp3) is 0.333. The molecule has 0 aliphatic carbocycles. The largest absolute Gasteiger partial charge is 0.356 e. The molecule has 0 fully saturated rings. The molecular formula is C21H25ClFN3O4S. The highest BCUT2D eigenvalue weighted by Gasteiger charge is 2.20. The van der Waals surface area contributed by atoms with Gasteiger partial charge in [0.25, 0.3) is 0 Å². The number of amides is 2. The molecule has 2 amide bonds. The van der Waals surface area contributed by atoms with Crippen LogP contribution in [-0.2, 0) is 19.6 Å². The zero-order valence-electron chi connectivity index (χ0n) is 17.1. The molecule has 168 valence electrons. The van der Waals surface area contributed by atoms with Crippen molar-refractivity contribution in [3.63, 3.8) is 0 Å². The molecule has 0 aliphatic heterocycles. The third kappa shape index (κ3) is 8.28. The zero-order chi connectivity index (χ0) is 22.9. The summed E-state index contributed by atoms with van der Waals surface area (Å²) in [7, 11) is -2.32. The van der Waals surface area contributed by atoms with Crippen molar-refractivity contribution >= 4 is 39.1 Å². The molecule has 2 rings (SSSR count). The molecule has 0 spiro atoms. The highest BCUT2D eigenvalue weighted by atomic mass is 35.5. The number of anilines is 1. The van der Waals surface area contributed by atoms with Gasteiger partial charge in [-0.05, 0) is 61.4 Å². The first-order valence-corrected chi connectivity index (χ1v) is 11.5. The highest BCUT2D eigenvalue weighted by molar-refractivity contribution is 7.89. The van der Waals surface area contributed by atoms with E-state index in [4.69, 9.17) is 11.6 Å². The van der Waals surface area contributed by atoms with Crippen LogP contribution in [0.2, 0.25) is 5.02 Å². The van der Waals surface area contributed by atoms with Crippen molar-refractivity contribution in [3.8, 4) is 0 Å². The number of carbonyl (C=O) groups excluding carboxylic acids is 2. The number of halogens is 2. The second-order valence-electron chi connectivity index (χ2n) is 6.89. The molecule has 0 saturated heterocycles. The van der Waals surface area contributed by atoms with Gasteiger partial charge in [0.05, 0.1) is 4.90 Å². The summed E-state index contributed by atoms with van der Waals surface area (Å²) in [5, 5.41) is 6.04. The van der Waals surface area contributed by atoms with Crippen LogP contribution in [0.5, 0.6) is 0 Å². The topological polar surface area (TPSA) is 95.6 Å². The van der Waals surface area contributed by atoms with Crippen molar-refractivity contribution < 1.29 is 22.4 Å². The first-order chi connectivity index (χ1) is 14.7. The Morgan fingerprint density at radius 1 is 0.968 bits per heavy atom. The third-order valence-electron chi connectivity index (χ3n) is 4.43. The lowest BCUT2D eigenvalue weighted by atomic mass is 10.2. The van der Waals surface area contributed by atoms with Crippen molar-refractivity contribution in [1.82, 2.24) is 9.62 Å². The van der Waals surface area contributed by atoms with Gasteiger partial charge in [-0.2, -0.15) is 0 Å². The quantitative estimate of drug-likeness (QED) is 0.493. The van der Waals surface area contributed by atoms with Crippen molar-refractivity contribution in [2.24, 2.45) is 0 Å². The van der Waals surface area contributed by atoms with E-state index in [9.17, 15) is 22.4 Å². The molecule has 10 heteroatoms. The predicted molar refractivity (Wildman–Crippen MR) is 118 cm³/mol. The molecule has 0 radical (unpaired) electrons. The van der Waals surface area contributed by atoms with Crippen LogP contribution in [0.1, 0.15) is 25.7 Å². The van der Waals surface area contributed by atoms with Crippen LogP contribution in [0.25, 0.3) is 0 Å². The van der Waals surface area contributed by atoms with Crippen LogP contribution >= 0.6 is 11.6 Å². The summed E-state index contributed by atoms with van der Waals surface area (Å²) >= 11 is 5.79. The first kappa shape index (κ1) is 24.8. The van der Waals surface area contributed by atoms with E-state index in [0.29, 0.717) is 30.1 Å². The van der Waals surface area contributed by atoms with Crippen molar-refractivity contribution in [2.45, 2.75) is 30.6 Å². The van der Waals surface area contributed by atoms with Gasteiger partial charge in [-0.1, -0.05) is 11.6 Å². The Hall–Kier alpha value is -2.49. The van der Waals surface area contributed by atoms with Gasteiger partial charge in [0, 0.05) is 43.7 Å². The molecular weight excluding hydrogens is 445 g/mol. The Balaban J connectivity index is 1.62. The number of nitrogens with zero attached hydrogens (tertiary/aromatic N) is 1. The average molecular weight is 470 g/mol. The van der Waals surface area contributed by atoms with E-state index in [1.807, 2.05) is 0 Å². The fourth-order valence-electron chi connectivity index (χ4n) is 2.69. The van der Waals surface area contributed by atoms with E-state index in [-0.39, 0.29) is 36.1 Å². The van der Waals surface area contributed by atoms with Crippen LogP contribution in [-0.4, -0.2) is 44.7 Å². The molecule has 0 aliphatic rings.